The van der Waals surface area contributed by atoms with E-state index in [9.17, 15) is 9.59 Å². The van der Waals surface area contributed by atoms with Gasteiger partial charge in [-0.25, -0.2) is 0 Å². The number of likely N-dealkylation sites (tertiary alicyclic amines) is 1. The van der Waals surface area contributed by atoms with Crippen LogP contribution in [0.1, 0.15) is 25.7 Å². The topological polar surface area (TPSA) is 73.5 Å². The summed E-state index contributed by atoms with van der Waals surface area (Å²) in [5, 5.41) is 8.97. The molecule has 3 N–H and O–H groups in total. The Hall–Kier alpha value is -1.14. The van der Waals surface area contributed by atoms with Crippen molar-refractivity contribution >= 4 is 11.8 Å². The molecule has 0 aromatic rings. The molecular formula is C13H24N4O2. The Bertz CT molecular complexity index is 321. The Morgan fingerprint density at radius 2 is 2.00 bits per heavy atom. The van der Waals surface area contributed by atoms with Gasteiger partial charge in [0.2, 0.25) is 11.8 Å². The quantitative estimate of drug-likeness (QED) is 0.615. The third kappa shape index (κ3) is 4.18. The number of amides is 2. The molecule has 0 spiro atoms. The summed E-state index contributed by atoms with van der Waals surface area (Å²) in [5.41, 5.74) is 0. The standard InChI is InChI=1S/C13H24N4O2/c1-14-12(18)9-17-7-4-10(5-8-17)16-13(19)11-3-2-6-15-11/h10-11,15H,2-9H2,1H3,(H,14,18)(H,16,19)/t11-/m1/s1. The predicted octanol–water partition coefficient (Wildman–Crippen LogP) is -0.935. The van der Waals surface area contributed by atoms with Gasteiger partial charge < -0.3 is 16.0 Å². The fourth-order valence-corrected chi connectivity index (χ4v) is 2.73. The molecule has 1 atom stereocenters. The fraction of sp³-hybridized carbons (Fsp3) is 0.846. The smallest absolute Gasteiger partial charge is 0.237 e. The molecule has 0 saturated carbocycles. The predicted molar refractivity (Wildman–Crippen MR) is 72.7 cm³/mol. The first-order valence-electron chi connectivity index (χ1n) is 7.15. The van der Waals surface area contributed by atoms with Gasteiger partial charge in [-0.05, 0) is 32.2 Å². The average molecular weight is 268 g/mol. The molecule has 2 fully saturated rings. The number of nitrogens with zero attached hydrogens (tertiary/aromatic N) is 1. The molecular weight excluding hydrogens is 244 g/mol. The maximum Gasteiger partial charge on any atom is 0.237 e. The Balaban J connectivity index is 1.68. The average Bonchev–Trinajstić information content (AvgIpc) is 2.95. The second kappa shape index (κ2) is 6.86. The minimum absolute atomic E-state index is 0.00361. The molecule has 2 aliphatic heterocycles. The molecule has 0 bridgehead atoms. The third-order valence-corrected chi connectivity index (χ3v) is 3.96. The van der Waals surface area contributed by atoms with Gasteiger partial charge in [0.05, 0.1) is 12.6 Å². The van der Waals surface area contributed by atoms with E-state index in [1.807, 2.05) is 0 Å². The van der Waals surface area contributed by atoms with Crippen LogP contribution in [0.25, 0.3) is 0 Å². The summed E-state index contributed by atoms with van der Waals surface area (Å²) in [6.45, 7) is 3.15. The number of nitrogens with one attached hydrogen (secondary N) is 3. The van der Waals surface area contributed by atoms with Gasteiger partial charge in [-0.3, -0.25) is 14.5 Å². The number of hydrogen-bond donors (Lipinski definition) is 3. The molecule has 0 radical (unpaired) electrons. The molecule has 2 saturated heterocycles. The first-order valence-corrected chi connectivity index (χ1v) is 7.15. The summed E-state index contributed by atoms with van der Waals surface area (Å²) in [6.07, 6.45) is 3.88. The van der Waals surface area contributed by atoms with E-state index in [4.69, 9.17) is 0 Å². The molecule has 2 heterocycles. The van der Waals surface area contributed by atoms with Crippen LogP contribution < -0.4 is 16.0 Å². The highest BCUT2D eigenvalue weighted by atomic mass is 16.2. The van der Waals surface area contributed by atoms with Crippen LogP contribution in [0.5, 0.6) is 0 Å². The van der Waals surface area contributed by atoms with Gasteiger partial charge in [-0.15, -0.1) is 0 Å². The van der Waals surface area contributed by atoms with Gasteiger partial charge in [0.25, 0.3) is 0 Å². The van der Waals surface area contributed by atoms with Crippen LogP contribution in [0.2, 0.25) is 0 Å². The summed E-state index contributed by atoms with van der Waals surface area (Å²) < 4.78 is 0. The van der Waals surface area contributed by atoms with Crippen LogP contribution in [-0.4, -0.2) is 62.0 Å². The van der Waals surface area contributed by atoms with Gasteiger partial charge in [0.1, 0.15) is 0 Å². The van der Waals surface area contributed by atoms with Crippen LogP contribution in [0.3, 0.4) is 0 Å². The van der Waals surface area contributed by atoms with E-state index in [1.54, 1.807) is 7.05 Å². The lowest BCUT2D eigenvalue weighted by Crippen LogP contribution is -2.50. The van der Waals surface area contributed by atoms with Crippen molar-refractivity contribution in [1.82, 2.24) is 20.9 Å². The molecule has 108 valence electrons. The van der Waals surface area contributed by atoms with Crippen LogP contribution in [-0.2, 0) is 9.59 Å². The number of piperidine rings is 1. The summed E-state index contributed by atoms with van der Waals surface area (Å²) >= 11 is 0. The van der Waals surface area contributed by atoms with E-state index in [1.165, 1.54) is 0 Å². The minimum atomic E-state index is 0.00361. The summed E-state index contributed by atoms with van der Waals surface area (Å²) in [7, 11) is 1.66. The first kappa shape index (κ1) is 14.3. The second-order valence-corrected chi connectivity index (χ2v) is 5.38. The number of likely N-dealkylation sites (N-methyl/N-ethyl adjacent to an activating group) is 1. The van der Waals surface area contributed by atoms with Gasteiger partial charge in [0.15, 0.2) is 0 Å². The first-order chi connectivity index (χ1) is 9.19. The molecule has 2 rings (SSSR count). The van der Waals surface area contributed by atoms with E-state index >= 15 is 0 Å². The molecule has 0 aromatic heterocycles. The zero-order valence-electron chi connectivity index (χ0n) is 11.6. The molecule has 0 aliphatic carbocycles. The lowest BCUT2D eigenvalue weighted by molar-refractivity contribution is -0.125. The highest BCUT2D eigenvalue weighted by Gasteiger charge is 2.26. The van der Waals surface area contributed by atoms with Crippen molar-refractivity contribution in [1.29, 1.82) is 0 Å². The number of carbonyl (C=O) groups excluding carboxylic acids is 2. The lowest BCUT2D eigenvalue weighted by Gasteiger charge is -2.32. The largest absolute Gasteiger partial charge is 0.358 e. The fourth-order valence-electron chi connectivity index (χ4n) is 2.73. The van der Waals surface area contributed by atoms with E-state index in [-0.39, 0.29) is 23.9 Å². The van der Waals surface area contributed by atoms with Crippen molar-refractivity contribution in [2.45, 2.75) is 37.8 Å². The molecule has 0 aromatic carbocycles. The monoisotopic (exact) mass is 268 g/mol. The second-order valence-electron chi connectivity index (χ2n) is 5.38. The maximum atomic E-state index is 12.0. The Morgan fingerprint density at radius 3 is 2.58 bits per heavy atom. The maximum absolute atomic E-state index is 12.0. The van der Waals surface area contributed by atoms with Crippen LogP contribution in [0.4, 0.5) is 0 Å². The summed E-state index contributed by atoms with van der Waals surface area (Å²) in [5.74, 6) is 0.194. The lowest BCUT2D eigenvalue weighted by atomic mass is 10.0. The highest BCUT2D eigenvalue weighted by molar-refractivity contribution is 5.82. The van der Waals surface area contributed by atoms with Crippen molar-refractivity contribution in [3.63, 3.8) is 0 Å². The molecule has 6 heteroatoms. The summed E-state index contributed by atoms with van der Waals surface area (Å²) in [4.78, 5) is 25.4. The SMILES string of the molecule is CNC(=O)CN1CCC(NC(=O)[C@H]2CCCN2)CC1. The highest BCUT2D eigenvalue weighted by Crippen LogP contribution is 2.11. The molecule has 6 nitrogen and oxygen atoms in total. The third-order valence-electron chi connectivity index (χ3n) is 3.96. The normalized spacial score (nSPS) is 25.2. The van der Waals surface area contributed by atoms with Crippen LogP contribution >= 0.6 is 0 Å². The summed E-state index contributed by atoms with van der Waals surface area (Å²) in [6, 6.07) is 0.264. The molecule has 2 amide bonds. The van der Waals surface area contributed by atoms with E-state index in [0.29, 0.717) is 6.54 Å². The van der Waals surface area contributed by atoms with Gasteiger partial charge in [0, 0.05) is 26.2 Å². The van der Waals surface area contributed by atoms with E-state index in [2.05, 4.69) is 20.9 Å². The van der Waals surface area contributed by atoms with Crippen molar-refractivity contribution in [2.24, 2.45) is 0 Å². The molecule has 0 unspecified atom stereocenters. The molecule has 2 aliphatic rings. The van der Waals surface area contributed by atoms with Gasteiger partial charge in [-0.2, -0.15) is 0 Å². The Morgan fingerprint density at radius 1 is 1.26 bits per heavy atom. The van der Waals surface area contributed by atoms with Gasteiger partial charge in [-0.1, -0.05) is 0 Å². The van der Waals surface area contributed by atoms with Gasteiger partial charge >= 0.3 is 0 Å². The van der Waals surface area contributed by atoms with Crippen molar-refractivity contribution < 1.29 is 9.59 Å². The number of carbonyl (C=O) groups is 2. The van der Waals surface area contributed by atoms with E-state index in [0.717, 1.165) is 45.3 Å². The van der Waals surface area contributed by atoms with Crippen molar-refractivity contribution in [3.05, 3.63) is 0 Å². The zero-order chi connectivity index (χ0) is 13.7. The van der Waals surface area contributed by atoms with Crippen LogP contribution in [0, 0.1) is 0 Å². The van der Waals surface area contributed by atoms with E-state index < -0.39 is 0 Å². The number of rotatable bonds is 4. The van der Waals surface area contributed by atoms with Crippen LogP contribution in [0.15, 0.2) is 0 Å². The minimum Gasteiger partial charge on any atom is -0.358 e. The Labute approximate surface area is 114 Å². The van der Waals surface area contributed by atoms with Crippen molar-refractivity contribution in [3.8, 4) is 0 Å². The zero-order valence-corrected chi connectivity index (χ0v) is 11.6. The van der Waals surface area contributed by atoms with Crippen molar-refractivity contribution in [2.75, 3.05) is 33.2 Å². The Kier molecular flexibility index (Phi) is 5.15. The molecule has 19 heavy (non-hydrogen) atoms. The number of hydrogen-bond acceptors (Lipinski definition) is 4.